The lowest BCUT2D eigenvalue weighted by Gasteiger charge is -2.22. The molecule has 0 aromatic heterocycles. The van der Waals surface area contributed by atoms with Crippen molar-refractivity contribution < 1.29 is 9.53 Å². The third-order valence-electron chi connectivity index (χ3n) is 3.86. The van der Waals surface area contributed by atoms with Gasteiger partial charge in [-0.15, -0.1) is 0 Å². The fraction of sp³-hybridized carbons (Fsp3) is 0.923. The summed E-state index contributed by atoms with van der Waals surface area (Å²) < 4.78 is 5.36. The quantitative estimate of drug-likeness (QED) is 0.745. The van der Waals surface area contributed by atoms with E-state index in [2.05, 4.69) is 5.32 Å². The van der Waals surface area contributed by atoms with Crippen molar-refractivity contribution in [2.45, 2.75) is 44.9 Å². The Kier molecular flexibility index (Phi) is 4.64. The molecule has 0 amide bonds. The zero-order valence-electron chi connectivity index (χ0n) is 10.0. The highest BCUT2D eigenvalue weighted by Gasteiger charge is 2.24. The Morgan fingerprint density at radius 2 is 2.00 bits per heavy atom. The number of hydrogen-bond acceptors (Lipinski definition) is 3. The smallest absolute Gasteiger partial charge is 0.308 e. The first-order chi connectivity index (χ1) is 7.86. The molecule has 0 aromatic rings. The summed E-state index contributed by atoms with van der Waals surface area (Å²) in [6, 6.07) is 0. The molecule has 92 valence electrons. The van der Waals surface area contributed by atoms with Crippen molar-refractivity contribution >= 4 is 5.97 Å². The molecule has 2 rings (SSSR count). The molecular formula is C13H23NO2. The minimum atomic E-state index is 0.0567. The van der Waals surface area contributed by atoms with Gasteiger partial charge in [0.1, 0.15) is 0 Å². The summed E-state index contributed by atoms with van der Waals surface area (Å²) in [4.78, 5) is 11.6. The van der Waals surface area contributed by atoms with Gasteiger partial charge < -0.3 is 10.1 Å². The van der Waals surface area contributed by atoms with Crippen LogP contribution in [0.15, 0.2) is 0 Å². The second-order valence-electron chi connectivity index (χ2n) is 5.15. The molecule has 1 aliphatic heterocycles. The summed E-state index contributed by atoms with van der Waals surface area (Å²) >= 11 is 0. The fourth-order valence-electron chi connectivity index (χ4n) is 2.78. The number of carbonyl (C=O) groups excluding carboxylic acids is 1. The zero-order valence-corrected chi connectivity index (χ0v) is 10.0. The monoisotopic (exact) mass is 225 g/mol. The molecule has 1 N–H and O–H groups in total. The number of nitrogens with one attached hydrogen (secondary N) is 1. The van der Waals surface area contributed by atoms with Crippen LogP contribution in [0, 0.1) is 11.8 Å². The van der Waals surface area contributed by atoms with Crippen molar-refractivity contribution in [3.05, 3.63) is 0 Å². The Balaban J connectivity index is 1.57. The van der Waals surface area contributed by atoms with Crippen LogP contribution < -0.4 is 5.32 Å². The molecule has 2 aliphatic rings. The molecule has 0 radical (unpaired) electrons. The largest absolute Gasteiger partial charge is 0.465 e. The van der Waals surface area contributed by atoms with Crippen molar-refractivity contribution in [3.63, 3.8) is 0 Å². The van der Waals surface area contributed by atoms with E-state index in [4.69, 9.17) is 4.74 Å². The molecule has 3 nitrogen and oxygen atoms in total. The highest BCUT2D eigenvalue weighted by molar-refractivity contribution is 5.72. The van der Waals surface area contributed by atoms with Crippen LogP contribution in [0.1, 0.15) is 44.9 Å². The maximum atomic E-state index is 11.6. The van der Waals surface area contributed by atoms with Crippen LogP contribution in [0.25, 0.3) is 0 Å². The number of ether oxygens (including phenoxy) is 1. The maximum Gasteiger partial charge on any atom is 0.308 e. The second kappa shape index (κ2) is 6.24. The lowest BCUT2D eigenvalue weighted by atomic mass is 9.97. The van der Waals surface area contributed by atoms with Crippen molar-refractivity contribution in [3.8, 4) is 0 Å². The predicted molar refractivity (Wildman–Crippen MR) is 63.1 cm³/mol. The Morgan fingerprint density at radius 1 is 1.19 bits per heavy atom. The van der Waals surface area contributed by atoms with Gasteiger partial charge in [0, 0.05) is 0 Å². The van der Waals surface area contributed by atoms with Crippen LogP contribution in [0.5, 0.6) is 0 Å². The average molecular weight is 225 g/mol. The molecule has 3 heteroatoms. The van der Waals surface area contributed by atoms with Crippen LogP contribution in [0.2, 0.25) is 0 Å². The van der Waals surface area contributed by atoms with Crippen LogP contribution in [-0.4, -0.2) is 25.7 Å². The first-order valence-electron chi connectivity index (χ1n) is 6.73. The highest BCUT2D eigenvalue weighted by Crippen LogP contribution is 2.26. The van der Waals surface area contributed by atoms with E-state index in [1.165, 1.54) is 25.7 Å². The SMILES string of the molecule is O=C(OCC[C@H]1CCCNC1)C1CCCC1. The molecule has 1 saturated heterocycles. The number of hydrogen-bond donors (Lipinski definition) is 1. The maximum absolute atomic E-state index is 11.6. The van der Waals surface area contributed by atoms with E-state index >= 15 is 0 Å². The summed E-state index contributed by atoms with van der Waals surface area (Å²) in [5, 5.41) is 3.39. The van der Waals surface area contributed by atoms with Crippen LogP contribution in [-0.2, 0) is 9.53 Å². The summed E-state index contributed by atoms with van der Waals surface area (Å²) in [7, 11) is 0. The van der Waals surface area contributed by atoms with Gasteiger partial charge in [-0.2, -0.15) is 0 Å². The van der Waals surface area contributed by atoms with Gasteiger partial charge in [-0.3, -0.25) is 4.79 Å². The Labute approximate surface area is 97.9 Å². The molecule has 0 aromatic carbocycles. The van der Waals surface area contributed by atoms with Gasteiger partial charge in [0.2, 0.25) is 0 Å². The van der Waals surface area contributed by atoms with E-state index in [-0.39, 0.29) is 11.9 Å². The van der Waals surface area contributed by atoms with E-state index < -0.39 is 0 Å². The number of piperidine rings is 1. The third-order valence-corrected chi connectivity index (χ3v) is 3.86. The van der Waals surface area contributed by atoms with Crippen LogP contribution >= 0.6 is 0 Å². The number of carbonyl (C=O) groups is 1. The van der Waals surface area contributed by atoms with E-state index in [0.717, 1.165) is 32.4 Å². The van der Waals surface area contributed by atoms with E-state index in [1.807, 2.05) is 0 Å². The van der Waals surface area contributed by atoms with Gasteiger partial charge in [-0.05, 0) is 51.1 Å². The van der Waals surface area contributed by atoms with Gasteiger partial charge in [0.25, 0.3) is 0 Å². The predicted octanol–water partition coefficient (Wildman–Crippen LogP) is 2.11. The average Bonchev–Trinajstić information content (AvgIpc) is 2.84. The van der Waals surface area contributed by atoms with Crippen LogP contribution in [0.3, 0.4) is 0 Å². The van der Waals surface area contributed by atoms with E-state index in [0.29, 0.717) is 12.5 Å². The molecular weight excluding hydrogens is 202 g/mol. The molecule has 16 heavy (non-hydrogen) atoms. The number of rotatable bonds is 4. The molecule has 0 bridgehead atoms. The minimum absolute atomic E-state index is 0.0567. The molecule has 1 aliphatic carbocycles. The van der Waals surface area contributed by atoms with Gasteiger partial charge in [-0.25, -0.2) is 0 Å². The van der Waals surface area contributed by atoms with Crippen molar-refractivity contribution in [1.29, 1.82) is 0 Å². The topological polar surface area (TPSA) is 38.3 Å². The molecule has 0 unspecified atom stereocenters. The van der Waals surface area contributed by atoms with Crippen molar-refractivity contribution in [2.75, 3.05) is 19.7 Å². The van der Waals surface area contributed by atoms with Gasteiger partial charge in [-0.1, -0.05) is 12.8 Å². The minimum Gasteiger partial charge on any atom is -0.465 e. The zero-order chi connectivity index (χ0) is 11.2. The Morgan fingerprint density at radius 3 is 2.69 bits per heavy atom. The Hall–Kier alpha value is -0.570. The van der Waals surface area contributed by atoms with Gasteiger partial charge in [0.05, 0.1) is 12.5 Å². The first kappa shape index (κ1) is 11.9. The standard InChI is InChI=1S/C13H23NO2/c15-13(12-5-1-2-6-12)16-9-7-11-4-3-8-14-10-11/h11-12,14H,1-10H2/t11-/m1/s1. The van der Waals surface area contributed by atoms with Gasteiger partial charge in [0.15, 0.2) is 0 Å². The highest BCUT2D eigenvalue weighted by atomic mass is 16.5. The lowest BCUT2D eigenvalue weighted by Crippen LogP contribution is -2.30. The van der Waals surface area contributed by atoms with Gasteiger partial charge >= 0.3 is 5.97 Å². The summed E-state index contributed by atoms with van der Waals surface area (Å²) in [5.41, 5.74) is 0. The lowest BCUT2D eigenvalue weighted by molar-refractivity contribution is -0.148. The van der Waals surface area contributed by atoms with E-state index in [9.17, 15) is 4.79 Å². The normalized spacial score (nSPS) is 26.9. The molecule has 1 atom stereocenters. The van der Waals surface area contributed by atoms with Crippen molar-refractivity contribution in [2.24, 2.45) is 11.8 Å². The molecule has 1 saturated carbocycles. The molecule has 2 fully saturated rings. The van der Waals surface area contributed by atoms with Crippen molar-refractivity contribution in [1.82, 2.24) is 5.32 Å². The second-order valence-corrected chi connectivity index (χ2v) is 5.15. The summed E-state index contributed by atoms with van der Waals surface area (Å²) in [5.74, 6) is 0.982. The summed E-state index contributed by atoms with van der Waals surface area (Å²) in [6.07, 6.45) is 8.08. The fourth-order valence-corrected chi connectivity index (χ4v) is 2.78. The Bertz CT molecular complexity index is 218. The molecule has 0 spiro atoms. The first-order valence-corrected chi connectivity index (χ1v) is 6.73. The number of esters is 1. The van der Waals surface area contributed by atoms with Crippen LogP contribution in [0.4, 0.5) is 0 Å². The third kappa shape index (κ3) is 3.48. The van der Waals surface area contributed by atoms with E-state index in [1.54, 1.807) is 0 Å². The summed E-state index contributed by atoms with van der Waals surface area (Å²) in [6.45, 7) is 2.88. The molecule has 1 heterocycles.